The predicted molar refractivity (Wildman–Crippen MR) is 65.5 cm³/mol. The normalized spacial score (nSPS) is 32.5. The number of nitrogens with zero attached hydrogens (tertiary/aromatic N) is 1. The number of fused-ring (bicyclic) bond motifs is 1. The van der Waals surface area contributed by atoms with Crippen LogP contribution in [0.25, 0.3) is 0 Å². The van der Waals surface area contributed by atoms with Crippen LogP contribution in [0.3, 0.4) is 0 Å². The van der Waals surface area contributed by atoms with Crippen molar-refractivity contribution < 1.29 is 4.79 Å². The van der Waals surface area contributed by atoms with Gasteiger partial charge in [-0.25, -0.2) is 0 Å². The minimum atomic E-state index is 0.122. The molecule has 3 unspecified atom stereocenters. The number of hydrogen-bond donors (Lipinski definition) is 2. The summed E-state index contributed by atoms with van der Waals surface area (Å²) in [5.74, 6) is 1.26. The van der Waals surface area contributed by atoms with Crippen LogP contribution in [0.15, 0.2) is 18.3 Å². The van der Waals surface area contributed by atoms with Crippen LogP contribution in [-0.2, 0) is 0 Å². The minimum Gasteiger partial charge on any atom is -0.357 e. The summed E-state index contributed by atoms with van der Waals surface area (Å²) in [6.45, 7) is 1.72. The Kier molecular flexibility index (Phi) is 2.67. The van der Waals surface area contributed by atoms with Gasteiger partial charge in [-0.3, -0.25) is 4.79 Å². The first-order valence-corrected chi connectivity index (χ1v) is 6.44. The summed E-state index contributed by atoms with van der Waals surface area (Å²) in [5.41, 5.74) is 6.85. The van der Waals surface area contributed by atoms with Crippen molar-refractivity contribution in [1.29, 1.82) is 0 Å². The second kappa shape index (κ2) is 4.18. The molecule has 0 radical (unpaired) electrons. The molecule has 2 heterocycles. The first-order chi connectivity index (χ1) is 8.25. The van der Waals surface area contributed by atoms with Gasteiger partial charge in [0.05, 0.1) is 0 Å². The van der Waals surface area contributed by atoms with Crippen LogP contribution < -0.4 is 5.73 Å². The highest BCUT2D eigenvalue weighted by atomic mass is 16.2. The maximum atomic E-state index is 12.2. The van der Waals surface area contributed by atoms with Gasteiger partial charge in [0.2, 0.25) is 0 Å². The fourth-order valence-electron chi connectivity index (χ4n) is 3.32. The molecule has 1 aliphatic heterocycles. The number of nitrogens with two attached hydrogens (primary N) is 1. The van der Waals surface area contributed by atoms with E-state index < -0.39 is 0 Å². The number of nitrogens with one attached hydrogen (secondary N) is 1. The standard InChI is InChI=1S/C13H19N3O/c14-11-4-1-3-9-7-16(8-10(9)11)13(17)12-5-2-6-15-12/h2,5-6,9-11,15H,1,3-4,7-8,14H2. The Balaban J connectivity index is 1.73. The lowest BCUT2D eigenvalue weighted by Crippen LogP contribution is -2.38. The lowest BCUT2D eigenvalue weighted by Gasteiger charge is -2.29. The van der Waals surface area contributed by atoms with Crippen LogP contribution in [0.4, 0.5) is 0 Å². The van der Waals surface area contributed by atoms with Crippen molar-refractivity contribution in [2.75, 3.05) is 13.1 Å². The van der Waals surface area contributed by atoms with Gasteiger partial charge in [0.15, 0.2) is 0 Å². The Morgan fingerprint density at radius 2 is 2.29 bits per heavy atom. The van der Waals surface area contributed by atoms with E-state index in [2.05, 4.69) is 4.98 Å². The molecule has 92 valence electrons. The quantitative estimate of drug-likeness (QED) is 0.766. The van der Waals surface area contributed by atoms with Crippen molar-refractivity contribution in [3.8, 4) is 0 Å². The third-order valence-electron chi connectivity index (χ3n) is 4.27. The summed E-state index contributed by atoms with van der Waals surface area (Å²) in [6.07, 6.45) is 5.35. The van der Waals surface area contributed by atoms with E-state index >= 15 is 0 Å². The predicted octanol–water partition coefficient (Wildman–Crippen LogP) is 1.21. The topological polar surface area (TPSA) is 62.1 Å². The van der Waals surface area contributed by atoms with Crippen LogP contribution in [0.1, 0.15) is 29.8 Å². The smallest absolute Gasteiger partial charge is 0.270 e. The highest BCUT2D eigenvalue weighted by Gasteiger charge is 2.40. The molecule has 2 aliphatic rings. The van der Waals surface area contributed by atoms with E-state index in [0.717, 1.165) is 19.5 Å². The molecular weight excluding hydrogens is 214 g/mol. The maximum Gasteiger partial charge on any atom is 0.270 e. The third kappa shape index (κ3) is 1.86. The number of likely N-dealkylation sites (tertiary alicyclic amines) is 1. The fourth-order valence-corrected chi connectivity index (χ4v) is 3.32. The lowest BCUT2D eigenvalue weighted by atomic mass is 9.78. The highest BCUT2D eigenvalue weighted by molar-refractivity contribution is 5.92. The zero-order valence-electron chi connectivity index (χ0n) is 9.93. The number of hydrogen-bond acceptors (Lipinski definition) is 2. The highest BCUT2D eigenvalue weighted by Crippen LogP contribution is 2.35. The molecule has 0 spiro atoms. The second-order valence-electron chi connectivity index (χ2n) is 5.31. The van der Waals surface area contributed by atoms with Gasteiger partial charge in [0.1, 0.15) is 5.69 Å². The van der Waals surface area contributed by atoms with Crippen molar-refractivity contribution in [2.45, 2.75) is 25.3 Å². The summed E-state index contributed by atoms with van der Waals surface area (Å²) < 4.78 is 0. The molecule has 1 aromatic rings. The number of H-pyrrole nitrogens is 1. The molecule has 4 heteroatoms. The Morgan fingerprint density at radius 3 is 3.00 bits per heavy atom. The Bertz CT molecular complexity index is 401. The minimum absolute atomic E-state index is 0.122. The molecule has 1 aliphatic carbocycles. The van der Waals surface area contributed by atoms with E-state index in [9.17, 15) is 4.79 Å². The third-order valence-corrected chi connectivity index (χ3v) is 4.27. The Labute approximate surface area is 101 Å². The molecular formula is C13H19N3O. The van der Waals surface area contributed by atoms with Gasteiger partial charge in [-0.2, -0.15) is 0 Å². The summed E-state index contributed by atoms with van der Waals surface area (Å²) in [6, 6.07) is 3.99. The molecule has 0 aromatic carbocycles. The van der Waals surface area contributed by atoms with Crippen molar-refractivity contribution in [2.24, 2.45) is 17.6 Å². The largest absolute Gasteiger partial charge is 0.357 e. The van der Waals surface area contributed by atoms with Crippen molar-refractivity contribution >= 4 is 5.91 Å². The van der Waals surface area contributed by atoms with Gasteiger partial charge >= 0.3 is 0 Å². The van der Waals surface area contributed by atoms with Gasteiger partial charge in [-0.15, -0.1) is 0 Å². The van der Waals surface area contributed by atoms with E-state index in [1.54, 1.807) is 6.20 Å². The van der Waals surface area contributed by atoms with E-state index in [0.29, 0.717) is 17.5 Å². The number of rotatable bonds is 1. The monoisotopic (exact) mass is 233 g/mol. The molecule has 3 N–H and O–H groups in total. The van der Waals surface area contributed by atoms with Gasteiger partial charge in [-0.05, 0) is 36.8 Å². The average Bonchev–Trinajstić information content (AvgIpc) is 2.98. The van der Waals surface area contributed by atoms with Crippen LogP contribution >= 0.6 is 0 Å². The summed E-state index contributed by atoms with van der Waals surface area (Å²) >= 11 is 0. The Morgan fingerprint density at radius 1 is 1.41 bits per heavy atom. The maximum absolute atomic E-state index is 12.2. The zero-order chi connectivity index (χ0) is 11.8. The molecule has 2 fully saturated rings. The molecule has 1 amide bonds. The first kappa shape index (κ1) is 10.8. The second-order valence-corrected chi connectivity index (χ2v) is 5.31. The zero-order valence-corrected chi connectivity index (χ0v) is 9.93. The molecule has 1 saturated heterocycles. The first-order valence-electron chi connectivity index (χ1n) is 6.44. The van der Waals surface area contributed by atoms with E-state index in [4.69, 9.17) is 5.73 Å². The molecule has 3 rings (SSSR count). The molecule has 17 heavy (non-hydrogen) atoms. The lowest BCUT2D eigenvalue weighted by molar-refractivity contribution is 0.0778. The van der Waals surface area contributed by atoms with Crippen LogP contribution in [0.5, 0.6) is 0 Å². The number of aromatic amines is 1. The molecule has 0 bridgehead atoms. The van der Waals surface area contributed by atoms with E-state index in [1.165, 1.54) is 12.8 Å². The summed E-state index contributed by atoms with van der Waals surface area (Å²) in [5, 5.41) is 0. The fraction of sp³-hybridized carbons (Fsp3) is 0.615. The van der Waals surface area contributed by atoms with Crippen molar-refractivity contribution in [3.05, 3.63) is 24.0 Å². The van der Waals surface area contributed by atoms with E-state index in [-0.39, 0.29) is 11.9 Å². The van der Waals surface area contributed by atoms with Gasteiger partial charge < -0.3 is 15.6 Å². The van der Waals surface area contributed by atoms with Crippen LogP contribution in [0, 0.1) is 11.8 Å². The number of aromatic nitrogens is 1. The van der Waals surface area contributed by atoms with Gasteiger partial charge in [0, 0.05) is 25.3 Å². The number of carbonyl (C=O) groups excluding carboxylic acids is 1. The molecule has 1 aromatic heterocycles. The number of amides is 1. The SMILES string of the molecule is NC1CCCC2CN(C(=O)c3ccc[nH]3)CC12. The van der Waals surface area contributed by atoms with Crippen LogP contribution in [0.2, 0.25) is 0 Å². The number of carbonyl (C=O) groups is 1. The average molecular weight is 233 g/mol. The summed E-state index contributed by atoms with van der Waals surface area (Å²) in [7, 11) is 0. The van der Waals surface area contributed by atoms with Gasteiger partial charge in [0.25, 0.3) is 5.91 Å². The molecule has 4 nitrogen and oxygen atoms in total. The van der Waals surface area contributed by atoms with Crippen molar-refractivity contribution in [1.82, 2.24) is 9.88 Å². The molecule has 3 atom stereocenters. The summed E-state index contributed by atoms with van der Waals surface area (Å²) in [4.78, 5) is 17.2. The Hall–Kier alpha value is -1.29. The van der Waals surface area contributed by atoms with Crippen LogP contribution in [-0.4, -0.2) is 34.9 Å². The van der Waals surface area contributed by atoms with E-state index in [1.807, 2.05) is 17.0 Å². The molecule has 1 saturated carbocycles. The van der Waals surface area contributed by atoms with Gasteiger partial charge in [-0.1, -0.05) is 6.42 Å². The van der Waals surface area contributed by atoms with Crippen molar-refractivity contribution in [3.63, 3.8) is 0 Å².